The molecular formula is C14H16N2O3. The molecule has 0 aliphatic heterocycles. The summed E-state index contributed by atoms with van der Waals surface area (Å²) in [6, 6.07) is 7.53. The van der Waals surface area contributed by atoms with Crippen LogP contribution in [-0.4, -0.2) is 26.7 Å². The maximum absolute atomic E-state index is 10.8. The van der Waals surface area contributed by atoms with Gasteiger partial charge in [0.25, 0.3) is 0 Å². The summed E-state index contributed by atoms with van der Waals surface area (Å²) in [7, 11) is 0. The van der Waals surface area contributed by atoms with Gasteiger partial charge in [-0.1, -0.05) is 0 Å². The van der Waals surface area contributed by atoms with Gasteiger partial charge < -0.3 is 14.4 Å². The molecule has 0 saturated carbocycles. The number of imidazole rings is 1. The van der Waals surface area contributed by atoms with E-state index in [0.29, 0.717) is 0 Å². The highest BCUT2D eigenvalue weighted by molar-refractivity contribution is 5.69. The van der Waals surface area contributed by atoms with Crippen LogP contribution in [0.25, 0.3) is 11.3 Å². The van der Waals surface area contributed by atoms with Crippen molar-refractivity contribution < 1.29 is 14.6 Å². The molecule has 0 aliphatic rings. The van der Waals surface area contributed by atoms with Crippen molar-refractivity contribution in [3.8, 4) is 17.0 Å². The average Bonchev–Trinajstić information content (AvgIpc) is 2.76. The molecule has 0 bridgehead atoms. The van der Waals surface area contributed by atoms with Crippen molar-refractivity contribution in [2.45, 2.75) is 26.5 Å². The number of aliphatic carboxylic acids is 1. The van der Waals surface area contributed by atoms with E-state index in [1.54, 1.807) is 10.8 Å². The highest BCUT2D eigenvalue weighted by atomic mass is 16.5. The molecule has 5 heteroatoms. The fourth-order valence-electron chi connectivity index (χ4n) is 1.81. The van der Waals surface area contributed by atoms with Crippen molar-refractivity contribution in [3.63, 3.8) is 0 Å². The third kappa shape index (κ3) is 3.34. The topological polar surface area (TPSA) is 64.4 Å². The minimum Gasteiger partial charge on any atom is -0.491 e. The zero-order valence-electron chi connectivity index (χ0n) is 10.9. The Hall–Kier alpha value is -2.30. The second-order valence-electron chi connectivity index (χ2n) is 4.49. The predicted molar refractivity (Wildman–Crippen MR) is 71.1 cm³/mol. The standard InChI is InChI=1S/C14H16N2O3/c1-10(2)19-12-5-3-11(4-6-12)13-7-15-9-16(13)8-14(17)18/h3-7,9-10H,8H2,1-2H3,(H,17,18). The number of rotatable bonds is 5. The molecule has 100 valence electrons. The Morgan fingerprint density at radius 2 is 2.05 bits per heavy atom. The molecule has 2 rings (SSSR count). The van der Waals surface area contributed by atoms with Gasteiger partial charge >= 0.3 is 5.97 Å². The number of carbonyl (C=O) groups is 1. The first-order chi connectivity index (χ1) is 9.06. The van der Waals surface area contributed by atoms with Gasteiger partial charge in [0.15, 0.2) is 0 Å². The molecule has 0 spiro atoms. The van der Waals surface area contributed by atoms with Crippen LogP contribution in [0.4, 0.5) is 0 Å². The quantitative estimate of drug-likeness (QED) is 0.896. The van der Waals surface area contributed by atoms with Crippen LogP contribution < -0.4 is 4.74 Å². The maximum Gasteiger partial charge on any atom is 0.323 e. The first kappa shape index (κ1) is 13.1. The van der Waals surface area contributed by atoms with Gasteiger partial charge in [0.2, 0.25) is 0 Å². The van der Waals surface area contributed by atoms with Crippen LogP contribution in [0.15, 0.2) is 36.8 Å². The third-order valence-corrected chi connectivity index (χ3v) is 2.54. The third-order valence-electron chi connectivity index (χ3n) is 2.54. The minimum absolute atomic E-state index is 0.0976. The summed E-state index contributed by atoms with van der Waals surface area (Å²) in [4.78, 5) is 14.7. The summed E-state index contributed by atoms with van der Waals surface area (Å²) in [6.45, 7) is 3.84. The van der Waals surface area contributed by atoms with E-state index in [-0.39, 0.29) is 12.6 Å². The molecule has 0 saturated heterocycles. The van der Waals surface area contributed by atoms with E-state index < -0.39 is 5.97 Å². The van der Waals surface area contributed by atoms with Crippen LogP contribution in [0.3, 0.4) is 0 Å². The fraction of sp³-hybridized carbons (Fsp3) is 0.286. The van der Waals surface area contributed by atoms with Crippen LogP contribution in [0.2, 0.25) is 0 Å². The number of benzene rings is 1. The molecule has 19 heavy (non-hydrogen) atoms. The maximum atomic E-state index is 10.8. The zero-order valence-corrected chi connectivity index (χ0v) is 10.9. The Labute approximate surface area is 111 Å². The van der Waals surface area contributed by atoms with Gasteiger partial charge in [0, 0.05) is 5.56 Å². The molecule has 0 aliphatic carbocycles. The SMILES string of the molecule is CC(C)Oc1ccc(-c2cncn2CC(=O)O)cc1. The van der Waals surface area contributed by atoms with Crippen LogP contribution in [0.1, 0.15) is 13.8 Å². The lowest BCUT2D eigenvalue weighted by atomic mass is 10.1. The molecular weight excluding hydrogens is 244 g/mol. The number of nitrogens with zero attached hydrogens (tertiary/aromatic N) is 2. The Bertz CT molecular complexity index is 558. The van der Waals surface area contributed by atoms with E-state index in [2.05, 4.69) is 4.98 Å². The van der Waals surface area contributed by atoms with Crippen molar-refractivity contribution in [1.82, 2.24) is 9.55 Å². The number of hydrogen-bond donors (Lipinski definition) is 1. The molecule has 1 aromatic heterocycles. The van der Waals surface area contributed by atoms with E-state index in [9.17, 15) is 4.79 Å². The average molecular weight is 260 g/mol. The molecule has 0 radical (unpaired) electrons. The highest BCUT2D eigenvalue weighted by Gasteiger charge is 2.08. The summed E-state index contributed by atoms with van der Waals surface area (Å²) >= 11 is 0. The van der Waals surface area contributed by atoms with Crippen molar-refractivity contribution in [2.24, 2.45) is 0 Å². The molecule has 5 nitrogen and oxygen atoms in total. The van der Waals surface area contributed by atoms with Crippen LogP contribution >= 0.6 is 0 Å². The number of aromatic nitrogens is 2. The first-order valence-electron chi connectivity index (χ1n) is 6.05. The summed E-state index contributed by atoms with van der Waals surface area (Å²) in [5.41, 5.74) is 1.69. The second-order valence-corrected chi connectivity index (χ2v) is 4.49. The van der Waals surface area contributed by atoms with Crippen molar-refractivity contribution >= 4 is 5.97 Å². The second kappa shape index (κ2) is 5.56. The number of carboxylic acids is 1. The van der Waals surface area contributed by atoms with Crippen LogP contribution in [0.5, 0.6) is 5.75 Å². The zero-order chi connectivity index (χ0) is 13.8. The van der Waals surface area contributed by atoms with Gasteiger partial charge in [-0.05, 0) is 38.1 Å². The normalized spacial score (nSPS) is 10.7. The molecule has 0 atom stereocenters. The van der Waals surface area contributed by atoms with Crippen molar-refractivity contribution in [2.75, 3.05) is 0 Å². The van der Waals surface area contributed by atoms with Gasteiger partial charge in [0.05, 0.1) is 24.3 Å². The van der Waals surface area contributed by atoms with Crippen LogP contribution in [-0.2, 0) is 11.3 Å². The lowest BCUT2D eigenvalue weighted by molar-refractivity contribution is -0.137. The Kier molecular flexibility index (Phi) is 3.85. The monoisotopic (exact) mass is 260 g/mol. The predicted octanol–water partition coefficient (Wildman–Crippen LogP) is 2.42. The van der Waals surface area contributed by atoms with Gasteiger partial charge in [-0.2, -0.15) is 0 Å². The molecule has 0 unspecified atom stereocenters. The van der Waals surface area contributed by atoms with Gasteiger partial charge in [-0.15, -0.1) is 0 Å². The van der Waals surface area contributed by atoms with E-state index in [1.165, 1.54) is 6.33 Å². The van der Waals surface area contributed by atoms with E-state index in [1.807, 2.05) is 38.1 Å². The van der Waals surface area contributed by atoms with Crippen molar-refractivity contribution in [3.05, 3.63) is 36.8 Å². The fourth-order valence-corrected chi connectivity index (χ4v) is 1.81. The van der Waals surface area contributed by atoms with Gasteiger partial charge in [0.1, 0.15) is 12.3 Å². The number of carboxylic acid groups (broad SMARTS) is 1. The van der Waals surface area contributed by atoms with Gasteiger partial charge in [-0.3, -0.25) is 4.79 Å². The summed E-state index contributed by atoms with van der Waals surface area (Å²) in [5.74, 6) is -0.0953. The van der Waals surface area contributed by atoms with Crippen molar-refractivity contribution in [1.29, 1.82) is 0 Å². The number of ether oxygens (including phenoxy) is 1. The molecule has 0 amide bonds. The molecule has 1 aromatic carbocycles. The van der Waals surface area contributed by atoms with E-state index in [4.69, 9.17) is 9.84 Å². The Morgan fingerprint density at radius 3 is 2.63 bits per heavy atom. The molecule has 1 N–H and O–H groups in total. The highest BCUT2D eigenvalue weighted by Crippen LogP contribution is 2.22. The largest absolute Gasteiger partial charge is 0.491 e. The number of hydrogen-bond acceptors (Lipinski definition) is 3. The van der Waals surface area contributed by atoms with E-state index in [0.717, 1.165) is 17.0 Å². The first-order valence-corrected chi connectivity index (χ1v) is 6.05. The summed E-state index contributed by atoms with van der Waals surface area (Å²) < 4.78 is 7.16. The summed E-state index contributed by atoms with van der Waals surface area (Å²) in [5, 5.41) is 8.83. The van der Waals surface area contributed by atoms with Gasteiger partial charge in [-0.25, -0.2) is 4.98 Å². The molecule has 2 aromatic rings. The van der Waals surface area contributed by atoms with Crippen LogP contribution in [0, 0.1) is 0 Å². The minimum atomic E-state index is -0.890. The lowest BCUT2D eigenvalue weighted by Crippen LogP contribution is -2.08. The summed E-state index contributed by atoms with van der Waals surface area (Å²) in [6.07, 6.45) is 3.30. The smallest absolute Gasteiger partial charge is 0.323 e. The lowest BCUT2D eigenvalue weighted by Gasteiger charge is -2.10. The molecule has 0 fully saturated rings. The molecule has 1 heterocycles. The van der Waals surface area contributed by atoms with E-state index >= 15 is 0 Å². The Balaban J connectivity index is 2.22. The Morgan fingerprint density at radius 1 is 1.37 bits per heavy atom.